The van der Waals surface area contributed by atoms with Crippen molar-refractivity contribution in [2.45, 2.75) is 40.5 Å². The fourth-order valence-corrected chi connectivity index (χ4v) is 3.09. The third-order valence-electron chi connectivity index (χ3n) is 4.24. The summed E-state index contributed by atoms with van der Waals surface area (Å²) in [6.07, 6.45) is -0.581. The molecule has 0 aliphatic rings. The first-order chi connectivity index (χ1) is 13.2. The van der Waals surface area contributed by atoms with Crippen LogP contribution in [0.15, 0.2) is 36.4 Å². The van der Waals surface area contributed by atoms with Crippen LogP contribution >= 0.6 is 0 Å². The number of benzene rings is 1. The van der Waals surface area contributed by atoms with Crippen LogP contribution in [0.5, 0.6) is 5.75 Å². The van der Waals surface area contributed by atoms with E-state index in [1.54, 1.807) is 6.92 Å². The molecule has 1 aromatic carbocycles. The lowest BCUT2D eigenvalue weighted by molar-refractivity contribution is -0.138. The molecular formula is C22H35NO5. The first-order valence-corrected chi connectivity index (χ1v) is 9.68. The SMILES string of the molecule is C=C(C)C(=O)OCCNC(=O)OCCOc1ccc(C(C(C)C)C(C)C)cc1.[HH]. The molecule has 1 rings (SSSR count). The lowest BCUT2D eigenvalue weighted by Gasteiger charge is -2.25. The molecule has 6 heteroatoms. The molecule has 0 heterocycles. The van der Waals surface area contributed by atoms with E-state index in [0.29, 0.717) is 23.3 Å². The van der Waals surface area contributed by atoms with Gasteiger partial charge in [-0.1, -0.05) is 46.4 Å². The van der Waals surface area contributed by atoms with Gasteiger partial charge in [0.05, 0.1) is 6.54 Å². The lowest BCUT2D eigenvalue weighted by atomic mass is 9.80. The van der Waals surface area contributed by atoms with E-state index in [1.165, 1.54) is 5.56 Å². The average Bonchev–Trinajstić information content (AvgIpc) is 2.62. The third-order valence-corrected chi connectivity index (χ3v) is 4.24. The van der Waals surface area contributed by atoms with Crippen molar-refractivity contribution < 1.29 is 25.2 Å². The summed E-state index contributed by atoms with van der Waals surface area (Å²) in [6, 6.07) is 8.09. The monoisotopic (exact) mass is 393 g/mol. The number of hydrogen-bond donors (Lipinski definition) is 1. The second-order valence-electron chi connectivity index (χ2n) is 7.41. The predicted octanol–water partition coefficient (Wildman–Crippen LogP) is 4.55. The van der Waals surface area contributed by atoms with Crippen molar-refractivity contribution in [2.75, 3.05) is 26.4 Å². The molecule has 1 N–H and O–H groups in total. The van der Waals surface area contributed by atoms with Crippen molar-refractivity contribution in [1.82, 2.24) is 5.32 Å². The van der Waals surface area contributed by atoms with Crippen LogP contribution < -0.4 is 10.1 Å². The molecule has 0 spiro atoms. The van der Waals surface area contributed by atoms with Gasteiger partial charge in [0.1, 0.15) is 25.6 Å². The summed E-state index contributed by atoms with van der Waals surface area (Å²) < 4.78 is 15.5. The maximum absolute atomic E-state index is 11.5. The van der Waals surface area contributed by atoms with Crippen LogP contribution in [0, 0.1) is 11.8 Å². The number of rotatable bonds is 11. The molecule has 6 nitrogen and oxygen atoms in total. The number of carbonyl (C=O) groups excluding carboxylic acids is 2. The summed E-state index contributed by atoms with van der Waals surface area (Å²) in [4.78, 5) is 22.7. The van der Waals surface area contributed by atoms with Crippen LogP contribution in [0.2, 0.25) is 0 Å². The predicted molar refractivity (Wildman–Crippen MR) is 112 cm³/mol. The summed E-state index contributed by atoms with van der Waals surface area (Å²) in [6.45, 7) is 14.6. The average molecular weight is 394 g/mol. The minimum atomic E-state index is -0.581. The first-order valence-electron chi connectivity index (χ1n) is 9.68. The maximum atomic E-state index is 11.5. The zero-order valence-electron chi connectivity index (χ0n) is 17.6. The normalized spacial score (nSPS) is 10.9. The Labute approximate surface area is 169 Å². The molecule has 0 aliphatic carbocycles. The van der Waals surface area contributed by atoms with E-state index in [4.69, 9.17) is 14.2 Å². The second kappa shape index (κ2) is 12.1. The molecule has 0 aromatic heterocycles. The zero-order valence-corrected chi connectivity index (χ0v) is 17.6. The van der Waals surface area contributed by atoms with Crippen LogP contribution in [-0.2, 0) is 14.3 Å². The molecule has 0 atom stereocenters. The molecule has 0 bridgehead atoms. The summed E-state index contributed by atoms with van der Waals surface area (Å²) in [5.74, 6) is 1.91. The number of esters is 1. The van der Waals surface area contributed by atoms with Gasteiger partial charge in [0.25, 0.3) is 0 Å². The number of hydrogen-bond acceptors (Lipinski definition) is 5. The van der Waals surface area contributed by atoms with Gasteiger partial charge in [-0.3, -0.25) is 0 Å². The van der Waals surface area contributed by atoms with Crippen LogP contribution in [0.3, 0.4) is 0 Å². The molecule has 0 aliphatic heterocycles. The molecule has 0 saturated heterocycles. The highest BCUT2D eigenvalue weighted by Gasteiger charge is 2.19. The van der Waals surface area contributed by atoms with Crippen molar-refractivity contribution in [3.8, 4) is 5.75 Å². The summed E-state index contributed by atoms with van der Waals surface area (Å²) in [7, 11) is 0. The Morgan fingerprint density at radius 2 is 1.61 bits per heavy atom. The summed E-state index contributed by atoms with van der Waals surface area (Å²) in [5.41, 5.74) is 1.62. The molecule has 1 aromatic rings. The van der Waals surface area contributed by atoms with Crippen LogP contribution in [-0.4, -0.2) is 38.4 Å². The van der Waals surface area contributed by atoms with E-state index in [-0.39, 0.29) is 27.8 Å². The van der Waals surface area contributed by atoms with Crippen molar-refractivity contribution in [1.29, 1.82) is 0 Å². The largest absolute Gasteiger partial charge is 0.490 e. The van der Waals surface area contributed by atoms with E-state index >= 15 is 0 Å². The van der Waals surface area contributed by atoms with Crippen LogP contribution in [0.1, 0.15) is 47.5 Å². The lowest BCUT2D eigenvalue weighted by Crippen LogP contribution is -2.29. The van der Waals surface area contributed by atoms with Gasteiger partial charge in [0.15, 0.2) is 0 Å². The third kappa shape index (κ3) is 8.46. The van der Waals surface area contributed by atoms with E-state index in [2.05, 4.69) is 51.7 Å². The van der Waals surface area contributed by atoms with Crippen molar-refractivity contribution in [3.05, 3.63) is 42.0 Å². The number of amides is 1. The fraction of sp³-hybridized carbons (Fsp3) is 0.545. The smallest absolute Gasteiger partial charge is 0.407 e. The van der Waals surface area contributed by atoms with Gasteiger partial charge in [0.2, 0.25) is 0 Å². The van der Waals surface area contributed by atoms with Gasteiger partial charge >= 0.3 is 12.1 Å². The first kappa shape index (κ1) is 23.5. The van der Waals surface area contributed by atoms with E-state index in [0.717, 1.165) is 5.75 Å². The number of alkyl carbamates (subject to hydrolysis) is 1. The molecule has 28 heavy (non-hydrogen) atoms. The Hall–Kier alpha value is -2.50. The molecular weight excluding hydrogens is 358 g/mol. The van der Waals surface area contributed by atoms with Gasteiger partial charge in [-0.15, -0.1) is 0 Å². The van der Waals surface area contributed by atoms with Gasteiger partial charge in [0, 0.05) is 7.00 Å². The number of ether oxygens (including phenoxy) is 3. The fourth-order valence-electron chi connectivity index (χ4n) is 3.09. The van der Waals surface area contributed by atoms with Gasteiger partial charge < -0.3 is 19.5 Å². The standard InChI is InChI=1S/C22H33NO5.H2/c1-15(2)20(16(3)4)18-7-9-19(10-8-18)26-13-14-28-22(25)23-11-12-27-21(24)17(5)6;/h7-10,15-16,20H,5,11-14H2,1-4,6H3,(H,23,25);1H. The quantitative estimate of drug-likeness (QED) is 0.339. The minimum absolute atomic E-state index is 0. The highest BCUT2D eigenvalue weighted by Crippen LogP contribution is 2.32. The Morgan fingerprint density at radius 3 is 2.14 bits per heavy atom. The minimum Gasteiger partial charge on any atom is -0.490 e. The number of carbonyl (C=O) groups is 2. The van der Waals surface area contributed by atoms with Gasteiger partial charge in [-0.25, -0.2) is 9.59 Å². The molecule has 1 amide bonds. The van der Waals surface area contributed by atoms with E-state index in [9.17, 15) is 9.59 Å². The van der Waals surface area contributed by atoms with E-state index < -0.39 is 12.1 Å². The number of nitrogens with one attached hydrogen (secondary N) is 1. The highest BCUT2D eigenvalue weighted by molar-refractivity contribution is 5.86. The van der Waals surface area contributed by atoms with Crippen LogP contribution in [0.4, 0.5) is 4.79 Å². The van der Waals surface area contributed by atoms with Crippen molar-refractivity contribution in [3.63, 3.8) is 0 Å². The Kier molecular flexibility index (Phi) is 10.1. The Balaban J connectivity index is 0.00000784. The molecule has 0 saturated carbocycles. The summed E-state index contributed by atoms with van der Waals surface area (Å²) in [5, 5.41) is 2.49. The highest BCUT2D eigenvalue weighted by atomic mass is 16.6. The Morgan fingerprint density at radius 1 is 1.00 bits per heavy atom. The Bertz CT molecular complexity index is 635. The topological polar surface area (TPSA) is 73.9 Å². The molecule has 158 valence electrons. The van der Waals surface area contributed by atoms with Crippen LogP contribution in [0.25, 0.3) is 0 Å². The second-order valence-corrected chi connectivity index (χ2v) is 7.41. The van der Waals surface area contributed by atoms with Gasteiger partial charge in [-0.2, -0.15) is 0 Å². The maximum Gasteiger partial charge on any atom is 0.407 e. The molecule has 0 fully saturated rings. The molecule has 0 unspecified atom stereocenters. The van der Waals surface area contributed by atoms with Crippen molar-refractivity contribution in [2.24, 2.45) is 11.8 Å². The summed E-state index contributed by atoms with van der Waals surface area (Å²) >= 11 is 0. The van der Waals surface area contributed by atoms with E-state index in [1.807, 2.05) is 12.1 Å². The molecule has 0 radical (unpaired) electrons. The van der Waals surface area contributed by atoms with Crippen molar-refractivity contribution >= 4 is 12.1 Å². The van der Waals surface area contributed by atoms with Gasteiger partial charge in [-0.05, 0) is 42.4 Å². The zero-order chi connectivity index (χ0) is 21.1.